The molecular formula is C12H17NO2. The molecule has 82 valence electrons. The SMILES string of the molecule is CC1(C)Cc2ccc(CCON)cc2O1. The molecule has 15 heavy (non-hydrogen) atoms. The van der Waals surface area contributed by atoms with Crippen molar-refractivity contribution in [3.63, 3.8) is 0 Å². The van der Waals surface area contributed by atoms with Crippen molar-refractivity contribution < 1.29 is 9.57 Å². The van der Waals surface area contributed by atoms with Crippen molar-refractivity contribution in [2.24, 2.45) is 5.90 Å². The fourth-order valence-electron chi connectivity index (χ4n) is 1.96. The minimum atomic E-state index is -0.0642. The molecule has 1 heterocycles. The van der Waals surface area contributed by atoms with Gasteiger partial charge in [0.05, 0.1) is 6.61 Å². The van der Waals surface area contributed by atoms with E-state index in [4.69, 9.17) is 10.6 Å². The van der Waals surface area contributed by atoms with E-state index in [2.05, 4.69) is 36.9 Å². The number of fused-ring (bicyclic) bond motifs is 1. The fraction of sp³-hybridized carbons (Fsp3) is 0.500. The second kappa shape index (κ2) is 3.83. The third kappa shape index (κ3) is 2.30. The van der Waals surface area contributed by atoms with E-state index in [1.165, 1.54) is 11.1 Å². The van der Waals surface area contributed by atoms with Gasteiger partial charge in [-0.1, -0.05) is 12.1 Å². The number of rotatable bonds is 3. The molecule has 3 heteroatoms. The molecule has 1 aliphatic heterocycles. The van der Waals surface area contributed by atoms with Crippen molar-refractivity contribution in [3.05, 3.63) is 29.3 Å². The van der Waals surface area contributed by atoms with Gasteiger partial charge in [-0.2, -0.15) is 0 Å². The molecule has 1 aliphatic rings. The summed E-state index contributed by atoms with van der Waals surface area (Å²) in [5.74, 6) is 6.01. The number of ether oxygens (including phenoxy) is 1. The molecule has 1 aromatic carbocycles. The molecule has 0 aliphatic carbocycles. The summed E-state index contributed by atoms with van der Waals surface area (Å²) < 4.78 is 5.84. The van der Waals surface area contributed by atoms with Crippen molar-refractivity contribution in [2.45, 2.75) is 32.3 Å². The van der Waals surface area contributed by atoms with Crippen molar-refractivity contribution in [3.8, 4) is 5.75 Å². The highest BCUT2D eigenvalue weighted by molar-refractivity contribution is 5.42. The predicted octanol–water partition coefficient (Wildman–Crippen LogP) is 1.83. The van der Waals surface area contributed by atoms with Gasteiger partial charge in [0.2, 0.25) is 0 Å². The summed E-state index contributed by atoms with van der Waals surface area (Å²) in [6.45, 7) is 4.76. The molecule has 2 rings (SSSR count). The highest BCUT2D eigenvalue weighted by Gasteiger charge is 2.29. The van der Waals surface area contributed by atoms with Gasteiger partial charge < -0.3 is 9.57 Å². The van der Waals surface area contributed by atoms with Crippen LogP contribution in [0.1, 0.15) is 25.0 Å². The maximum atomic E-state index is 5.84. The van der Waals surface area contributed by atoms with Gasteiger partial charge in [0.25, 0.3) is 0 Å². The van der Waals surface area contributed by atoms with Gasteiger partial charge in [0, 0.05) is 6.42 Å². The van der Waals surface area contributed by atoms with Gasteiger partial charge in [-0.3, -0.25) is 0 Å². The highest BCUT2D eigenvalue weighted by Crippen LogP contribution is 2.35. The standard InChI is InChI=1S/C12H17NO2/c1-12(2)8-10-4-3-9(5-6-14-13)7-11(10)15-12/h3-4,7H,5-6,8,13H2,1-2H3. The lowest BCUT2D eigenvalue weighted by Gasteiger charge is -2.16. The molecule has 0 spiro atoms. The Hall–Kier alpha value is -1.06. The lowest BCUT2D eigenvalue weighted by molar-refractivity contribution is 0.137. The Bertz CT molecular complexity index is 361. The second-order valence-corrected chi connectivity index (χ2v) is 4.60. The highest BCUT2D eigenvalue weighted by atomic mass is 16.6. The quantitative estimate of drug-likeness (QED) is 0.769. The smallest absolute Gasteiger partial charge is 0.123 e. The number of nitrogens with two attached hydrogens (primary N) is 1. The van der Waals surface area contributed by atoms with Crippen molar-refractivity contribution in [2.75, 3.05) is 6.61 Å². The van der Waals surface area contributed by atoms with Gasteiger partial charge in [0.1, 0.15) is 11.4 Å². The molecule has 0 saturated heterocycles. The molecule has 3 nitrogen and oxygen atoms in total. The topological polar surface area (TPSA) is 44.5 Å². The van der Waals surface area contributed by atoms with Gasteiger partial charge in [0.15, 0.2) is 0 Å². The van der Waals surface area contributed by atoms with Crippen molar-refractivity contribution in [1.29, 1.82) is 0 Å². The van der Waals surface area contributed by atoms with E-state index in [1.54, 1.807) is 0 Å². The van der Waals surface area contributed by atoms with Gasteiger partial charge in [-0.05, 0) is 37.5 Å². The summed E-state index contributed by atoms with van der Waals surface area (Å²) >= 11 is 0. The van der Waals surface area contributed by atoms with Crippen molar-refractivity contribution in [1.82, 2.24) is 0 Å². The summed E-state index contributed by atoms with van der Waals surface area (Å²) in [5, 5.41) is 0. The van der Waals surface area contributed by atoms with Crippen LogP contribution in [0.25, 0.3) is 0 Å². The lowest BCUT2D eigenvalue weighted by atomic mass is 10.0. The minimum absolute atomic E-state index is 0.0642. The lowest BCUT2D eigenvalue weighted by Crippen LogP contribution is -2.24. The molecule has 0 bridgehead atoms. The average molecular weight is 207 g/mol. The zero-order valence-electron chi connectivity index (χ0n) is 9.25. The van der Waals surface area contributed by atoms with Gasteiger partial charge in [-0.15, -0.1) is 0 Å². The summed E-state index contributed by atoms with van der Waals surface area (Å²) in [6, 6.07) is 6.33. The summed E-state index contributed by atoms with van der Waals surface area (Å²) in [6.07, 6.45) is 1.81. The van der Waals surface area contributed by atoms with E-state index in [0.29, 0.717) is 6.61 Å². The first kappa shape index (κ1) is 10.5. The first-order chi connectivity index (χ1) is 7.11. The molecular weight excluding hydrogens is 190 g/mol. The Morgan fingerprint density at radius 2 is 2.27 bits per heavy atom. The molecule has 0 aromatic heterocycles. The van der Waals surface area contributed by atoms with Gasteiger partial charge in [-0.25, -0.2) is 5.90 Å². The zero-order chi connectivity index (χ0) is 10.9. The Morgan fingerprint density at radius 1 is 1.47 bits per heavy atom. The maximum absolute atomic E-state index is 5.84. The molecule has 0 radical (unpaired) electrons. The molecule has 0 fully saturated rings. The number of benzene rings is 1. The normalized spacial score (nSPS) is 17.3. The number of hydrogen-bond acceptors (Lipinski definition) is 3. The Labute approximate surface area is 90.1 Å². The molecule has 2 N–H and O–H groups in total. The third-order valence-electron chi connectivity index (χ3n) is 2.64. The van der Waals surface area contributed by atoms with Crippen LogP contribution < -0.4 is 10.6 Å². The Morgan fingerprint density at radius 3 is 3.00 bits per heavy atom. The molecule has 0 atom stereocenters. The van der Waals surface area contributed by atoms with Crippen LogP contribution in [0.5, 0.6) is 5.75 Å². The van der Waals surface area contributed by atoms with Crippen molar-refractivity contribution >= 4 is 0 Å². The predicted molar refractivity (Wildman–Crippen MR) is 58.7 cm³/mol. The van der Waals surface area contributed by atoms with Crippen LogP contribution in [0, 0.1) is 0 Å². The van der Waals surface area contributed by atoms with E-state index < -0.39 is 0 Å². The monoisotopic (exact) mass is 207 g/mol. The van der Waals surface area contributed by atoms with Crippen LogP contribution in [0.15, 0.2) is 18.2 Å². The second-order valence-electron chi connectivity index (χ2n) is 4.60. The molecule has 0 unspecified atom stereocenters. The van der Waals surface area contributed by atoms with Crippen LogP contribution in [0.3, 0.4) is 0 Å². The average Bonchev–Trinajstić information content (AvgIpc) is 2.47. The van der Waals surface area contributed by atoms with Crippen LogP contribution >= 0.6 is 0 Å². The van der Waals surface area contributed by atoms with E-state index in [9.17, 15) is 0 Å². The Kier molecular flexibility index (Phi) is 2.67. The van der Waals surface area contributed by atoms with E-state index in [0.717, 1.165) is 18.6 Å². The molecule has 1 aromatic rings. The van der Waals surface area contributed by atoms with E-state index >= 15 is 0 Å². The van der Waals surface area contributed by atoms with Crippen LogP contribution in [-0.4, -0.2) is 12.2 Å². The molecule has 0 amide bonds. The van der Waals surface area contributed by atoms with Crippen LogP contribution in [-0.2, 0) is 17.7 Å². The minimum Gasteiger partial charge on any atom is -0.487 e. The van der Waals surface area contributed by atoms with Crippen LogP contribution in [0.4, 0.5) is 0 Å². The van der Waals surface area contributed by atoms with E-state index in [1.807, 2.05) is 0 Å². The third-order valence-corrected chi connectivity index (χ3v) is 2.64. The fourth-order valence-corrected chi connectivity index (χ4v) is 1.96. The first-order valence-electron chi connectivity index (χ1n) is 5.23. The summed E-state index contributed by atoms with van der Waals surface area (Å²) in [7, 11) is 0. The first-order valence-corrected chi connectivity index (χ1v) is 5.23. The maximum Gasteiger partial charge on any atom is 0.123 e. The summed E-state index contributed by atoms with van der Waals surface area (Å²) in [4.78, 5) is 4.57. The zero-order valence-corrected chi connectivity index (χ0v) is 9.25. The summed E-state index contributed by atoms with van der Waals surface area (Å²) in [5.41, 5.74) is 2.43. The van der Waals surface area contributed by atoms with E-state index in [-0.39, 0.29) is 5.60 Å². The van der Waals surface area contributed by atoms with Crippen LogP contribution in [0.2, 0.25) is 0 Å². The molecule has 0 saturated carbocycles. The Balaban J connectivity index is 2.15. The van der Waals surface area contributed by atoms with Gasteiger partial charge >= 0.3 is 0 Å². The number of hydrogen-bond donors (Lipinski definition) is 1. The largest absolute Gasteiger partial charge is 0.487 e.